The summed E-state index contributed by atoms with van der Waals surface area (Å²) in [7, 11) is 7.49. The third-order valence-electron chi connectivity index (χ3n) is 3.23. The number of hydrazine groups is 1. The molecule has 2 rings (SSSR count). The molecule has 0 saturated carbocycles. The van der Waals surface area contributed by atoms with Gasteiger partial charge in [-0.15, -0.1) is 0 Å². The van der Waals surface area contributed by atoms with Crippen LogP contribution in [0.5, 0.6) is 5.75 Å². The molecule has 1 aliphatic rings. The van der Waals surface area contributed by atoms with Crippen molar-refractivity contribution < 1.29 is 9.47 Å². The fraction of sp³-hybridized carbons (Fsp3) is 0.429. The topological polar surface area (TPSA) is 24.9 Å². The highest BCUT2D eigenvalue weighted by Crippen LogP contribution is 2.34. The first-order chi connectivity index (χ1) is 8.67. The summed E-state index contributed by atoms with van der Waals surface area (Å²) in [6, 6.07) is 8.27. The van der Waals surface area contributed by atoms with Gasteiger partial charge in [0.15, 0.2) is 0 Å². The molecule has 1 aromatic carbocycles. The van der Waals surface area contributed by atoms with E-state index in [0.29, 0.717) is 0 Å². The van der Waals surface area contributed by atoms with Crippen molar-refractivity contribution in [3.8, 4) is 5.75 Å². The number of rotatable bonds is 4. The van der Waals surface area contributed by atoms with E-state index in [0.717, 1.165) is 18.1 Å². The van der Waals surface area contributed by atoms with Gasteiger partial charge < -0.3 is 9.47 Å². The Bertz CT molecular complexity index is 426. The van der Waals surface area contributed by atoms with Gasteiger partial charge in [0.2, 0.25) is 0 Å². The molecule has 1 heterocycles. The zero-order chi connectivity index (χ0) is 13.1. The highest BCUT2D eigenvalue weighted by atomic mass is 16.5. The number of methoxy groups -OCH3 is 2. The number of hydrogen-bond donors (Lipinski definition) is 0. The molecular formula is C14H20N2O2. The van der Waals surface area contributed by atoms with E-state index in [2.05, 4.69) is 28.2 Å². The minimum atomic E-state index is 0.149. The molecule has 0 amide bonds. The molecular weight excluding hydrogens is 228 g/mol. The van der Waals surface area contributed by atoms with Crippen molar-refractivity contribution in [3.63, 3.8) is 0 Å². The molecule has 98 valence electrons. The van der Waals surface area contributed by atoms with Crippen LogP contribution in [0, 0.1) is 0 Å². The lowest BCUT2D eigenvalue weighted by Gasteiger charge is -2.31. The summed E-state index contributed by atoms with van der Waals surface area (Å²) in [6.07, 6.45) is 2.12. The third-order valence-corrected chi connectivity index (χ3v) is 3.23. The van der Waals surface area contributed by atoms with Crippen molar-refractivity contribution in [2.24, 2.45) is 0 Å². The molecule has 0 fully saturated rings. The van der Waals surface area contributed by atoms with Gasteiger partial charge in [-0.3, -0.25) is 0 Å². The minimum absolute atomic E-state index is 0.149. The fourth-order valence-corrected chi connectivity index (χ4v) is 2.26. The maximum absolute atomic E-state index is 5.48. The van der Waals surface area contributed by atoms with E-state index in [4.69, 9.17) is 9.47 Å². The predicted molar refractivity (Wildman–Crippen MR) is 71.2 cm³/mol. The van der Waals surface area contributed by atoms with E-state index < -0.39 is 0 Å². The third kappa shape index (κ3) is 2.35. The summed E-state index contributed by atoms with van der Waals surface area (Å²) in [5.41, 5.74) is 1.20. The summed E-state index contributed by atoms with van der Waals surface area (Å²) in [5, 5.41) is 4.35. The van der Waals surface area contributed by atoms with Crippen LogP contribution in [-0.4, -0.2) is 44.9 Å². The molecule has 1 aliphatic heterocycles. The van der Waals surface area contributed by atoms with E-state index in [1.54, 1.807) is 14.2 Å². The molecule has 18 heavy (non-hydrogen) atoms. The van der Waals surface area contributed by atoms with Crippen LogP contribution < -0.4 is 4.74 Å². The van der Waals surface area contributed by atoms with Crippen molar-refractivity contribution >= 4 is 0 Å². The molecule has 0 N–H and O–H groups in total. The molecule has 0 radical (unpaired) electrons. The molecule has 1 atom stereocenters. The fourth-order valence-electron chi connectivity index (χ4n) is 2.26. The second kappa shape index (κ2) is 5.42. The predicted octanol–water partition coefficient (Wildman–Crippen LogP) is 2.06. The summed E-state index contributed by atoms with van der Waals surface area (Å²) in [5.74, 6) is 1.87. The standard InChI is InChI=1S/C14H20N2O2/c1-15(2)16-10-9-13(18-4)14(16)11-5-7-12(17-3)8-6-11/h5-9,14H,10H2,1-4H3. The molecule has 0 aromatic heterocycles. The van der Waals surface area contributed by atoms with E-state index >= 15 is 0 Å². The van der Waals surface area contributed by atoms with Gasteiger partial charge in [-0.2, -0.15) is 0 Å². The summed E-state index contributed by atoms with van der Waals surface area (Å²) < 4.78 is 10.7. The number of ether oxygens (including phenoxy) is 2. The quantitative estimate of drug-likeness (QED) is 0.814. The smallest absolute Gasteiger partial charge is 0.118 e. The Kier molecular flexibility index (Phi) is 3.89. The summed E-state index contributed by atoms with van der Waals surface area (Å²) >= 11 is 0. The van der Waals surface area contributed by atoms with Crippen molar-refractivity contribution in [2.45, 2.75) is 6.04 Å². The Morgan fingerprint density at radius 1 is 1.11 bits per heavy atom. The van der Waals surface area contributed by atoms with Gasteiger partial charge in [0.05, 0.1) is 14.2 Å². The Balaban J connectivity index is 2.28. The molecule has 4 heteroatoms. The molecule has 1 aromatic rings. The van der Waals surface area contributed by atoms with Gasteiger partial charge in [0.25, 0.3) is 0 Å². The van der Waals surface area contributed by atoms with Crippen molar-refractivity contribution in [1.82, 2.24) is 10.0 Å². The summed E-state index contributed by atoms with van der Waals surface area (Å²) in [6.45, 7) is 0.868. The van der Waals surface area contributed by atoms with E-state index in [-0.39, 0.29) is 6.04 Å². The van der Waals surface area contributed by atoms with Crippen molar-refractivity contribution in [2.75, 3.05) is 34.9 Å². The van der Waals surface area contributed by atoms with Gasteiger partial charge in [-0.25, -0.2) is 10.0 Å². The van der Waals surface area contributed by atoms with Crippen LogP contribution in [0.3, 0.4) is 0 Å². The normalized spacial score (nSPS) is 20.1. The number of hydrogen-bond acceptors (Lipinski definition) is 4. The lowest BCUT2D eigenvalue weighted by atomic mass is 10.1. The summed E-state index contributed by atoms with van der Waals surface area (Å²) in [4.78, 5) is 0. The SMILES string of the molecule is COC1=CCN(N(C)C)C1c1ccc(OC)cc1. The average Bonchev–Trinajstić information content (AvgIpc) is 2.82. The van der Waals surface area contributed by atoms with Crippen LogP contribution >= 0.6 is 0 Å². The van der Waals surface area contributed by atoms with E-state index in [1.165, 1.54) is 5.56 Å². The van der Waals surface area contributed by atoms with Crippen LogP contribution in [0.4, 0.5) is 0 Å². The van der Waals surface area contributed by atoms with Crippen molar-refractivity contribution in [1.29, 1.82) is 0 Å². The first-order valence-corrected chi connectivity index (χ1v) is 5.99. The monoisotopic (exact) mass is 248 g/mol. The first kappa shape index (κ1) is 12.9. The second-order valence-electron chi connectivity index (χ2n) is 4.46. The van der Waals surface area contributed by atoms with E-state index in [9.17, 15) is 0 Å². The Labute approximate surface area is 108 Å². The van der Waals surface area contributed by atoms with Crippen molar-refractivity contribution in [3.05, 3.63) is 41.7 Å². The van der Waals surface area contributed by atoms with Crippen LogP contribution in [0.2, 0.25) is 0 Å². The Hall–Kier alpha value is -1.52. The maximum Gasteiger partial charge on any atom is 0.118 e. The minimum Gasteiger partial charge on any atom is -0.499 e. The van der Waals surface area contributed by atoms with Crippen LogP contribution in [-0.2, 0) is 4.74 Å². The first-order valence-electron chi connectivity index (χ1n) is 5.99. The zero-order valence-corrected chi connectivity index (χ0v) is 11.4. The second-order valence-corrected chi connectivity index (χ2v) is 4.46. The van der Waals surface area contributed by atoms with Gasteiger partial charge in [0, 0.05) is 20.6 Å². The molecule has 4 nitrogen and oxygen atoms in total. The van der Waals surface area contributed by atoms with Crippen LogP contribution in [0.1, 0.15) is 11.6 Å². The molecule has 0 bridgehead atoms. The van der Waals surface area contributed by atoms with Gasteiger partial charge in [-0.1, -0.05) is 12.1 Å². The van der Waals surface area contributed by atoms with Crippen LogP contribution in [0.25, 0.3) is 0 Å². The Morgan fingerprint density at radius 2 is 1.78 bits per heavy atom. The molecule has 0 aliphatic carbocycles. The number of benzene rings is 1. The Morgan fingerprint density at radius 3 is 2.28 bits per heavy atom. The number of nitrogens with zero attached hydrogens (tertiary/aromatic N) is 2. The molecule has 0 spiro atoms. The molecule has 1 unspecified atom stereocenters. The highest BCUT2D eigenvalue weighted by molar-refractivity contribution is 5.34. The largest absolute Gasteiger partial charge is 0.499 e. The van der Waals surface area contributed by atoms with Crippen LogP contribution in [0.15, 0.2) is 36.1 Å². The lowest BCUT2D eigenvalue weighted by molar-refractivity contribution is 0.00346. The lowest BCUT2D eigenvalue weighted by Crippen LogP contribution is -2.37. The maximum atomic E-state index is 5.48. The highest BCUT2D eigenvalue weighted by Gasteiger charge is 2.31. The van der Waals surface area contributed by atoms with Gasteiger partial charge >= 0.3 is 0 Å². The average molecular weight is 248 g/mol. The molecule has 0 saturated heterocycles. The van der Waals surface area contributed by atoms with Gasteiger partial charge in [-0.05, 0) is 23.8 Å². The zero-order valence-electron chi connectivity index (χ0n) is 11.4. The van der Waals surface area contributed by atoms with E-state index in [1.807, 2.05) is 26.2 Å². The van der Waals surface area contributed by atoms with Gasteiger partial charge in [0.1, 0.15) is 17.6 Å².